The fraction of sp³-hybridized carbons (Fsp3) is 0.885. The van der Waals surface area contributed by atoms with E-state index in [1.165, 1.54) is 37.7 Å². The van der Waals surface area contributed by atoms with E-state index in [4.69, 9.17) is 28.8 Å². The van der Waals surface area contributed by atoms with Gasteiger partial charge in [0.15, 0.2) is 6.29 Å². The molecule has 0 aromatic carbocycles. The summed E-state index contributed by atoms with van der Waals surface area (Å²) in [7, 11) is 3.76. The van der Waals surface area contributed by atoms with Crippen LogP contribution in [0.15, 0.2) is 12.2 Å². The van der Waals surface area contributed by atoms with Crippen LogP contribution in [-0.2, 0) is 28.5 Å². The van der Waals surface area contributed by atoms with E-state index in [9.17, 15) is 20.1 Å². The zero-order valence-electron chi connectivity index (χ0n) is 22.7. The van der Waals surface area contributed by atoms with Crippen molar-refractivity contribution in [3.8, 4) is 0 Å². The molecule has 2 rings (SSSR count). The summed E-state index contributed by atoms with van der Waals surface area (Å²) in [5, 5.41) is 41.3. The van der Waals surface area contributed by atoms with Crippen molar-refractivity contribution in [2.24, 2.45) is 5.92 Å². The molecule has 11 nitrogen and oxygen atoms in total. The fourth-order valence-electron chi connectivity index (χ4n) is 4.03. The summed E-state index contributed by atoms with van der Waals surface area (Å²) < 4.78 is 26.8. The molecular formula is C26H47NO10S2. The molecule has 0 aromatic rings. The van der Waals surface area contributed by atoms with Crippen LogP contribution in [0.25, 0.3) is 0 Å². The molecule has 5 unspecified atom stereocenters. The van der Waals surface area contributed by atoms with Gasteiger partial charge in [0.1, 0.15) is 24.4 Å². The molecule has 1 aliphatic carbocycles. The Morgan fingerprint density at radius 2 is 1.44 bits per heavy atom. The van der Waals surface area contributed by atoms with E-state index in [2.05, 4.69) is 11.9 Å². The molecule has 13 heteroatoms. The van der Waals surface area contributed by atoms with Crippen LogP contribution in [0.5, 0.6) is 0 Å². The third-order valence-electron chi connectivity index (χ3n) is 6.62. The highest BCUT2D eigenvalue weighted by molar-refractivity contribution is 8.76. The van der Waals surface area contributed by atoms with Crippen molar-refractivity contribution in [3.63, 3.8) is 0 Å². The second-order valence-corrected chi connectivity index (χ2v) is 12.3. The monoisotopic (exact) mass is 597 g/mol. The third-order valence-corrected chi connectivity index (χ3v) is 9.08. The number of hydrogen-bond acceptors (Lipinski definition) is 12. The first-order valence-electron chi connectivity index (χ1n) is 13.8. The van der Waals surface area contributed by atoms with Crippen LogP contribution in [0, 0.1) is 5.92 Å². The van der Waals surface area contributed by atoms with Crippen molar-refractivity contribution in [1.82, 2.24) is 5.32 Å². The Morgan fingerprint density at radius 1 is 0.846 bits per heavy atom. The molecule has 0 bridgehead atoms. The smallest absolute Gasteiger partial charge is 0.222 e. The lowest BCUT2D eigenvalue weighted by Crippen LogP contribution is -2.64. The topological polar surface area (TPSA) is 156 Å². The maximum Gasteiger partial charge on any atom is 0.222 e. The Kier molecular flexibility index (Phi) is 19.0. The minimum atomic E-state index is -1.54. The van der Waals surface area contributed by atoms with Gasteiger partial charge in [-0.1, -0.05) is 40.2 Å². The van der Waals surface area contributed by atoms with E-state index in [0.29, 0.717) is 46.2 Å². The van der Waals surface area contributed by atoms with Crippen LogP contribution in [0.1, 0.15) is 38.5 Å². The quantitative estimate of drug-likeness (QED) is 0.0645. The SMILES string of the molecule is C=C(CCCSSCCOCCOCCOCCOCCC(=O)NC1C(O)OC(CO)C(O)C1O)C1CCC1. The molecule has 0 radical (unpaired) electrons. The molecule has 1 aliphatic heterocycles. The van der Waals surface area contributed by atoms with E-state index in [-0.39, 0.29) is 13.0 Å². The molecule has 0 aromatic heterocycles. The summed E-state index contributed by atoms with van der Waals surface area (Å²) in [5.74, 6) is 2.44. The maximum absolute atomic E-state index is 12.0. The van der Waals surface area contributed by atoms with Gasteiger partial charge in [-0.2, -0.15) is 0 Å². The van der Waals surface area contributed by atoms with Crippen LogP contribution in [0.2, 0.25) is 0 Å². The molecule has 1 amide bonds. The van der Waals surface area contributed by atoms with Crippen molar-refractivity contribution in [3.05, 3.63) is 12.2 Å². The maximum atomic E-state index is 12.0. The zero-order valence-corrected chi connectivity index (χ0v) is 24.4. The molecule has 1 heterocycles. The summed E-state index contributed by atoms with van der Waals surface area (Å²) in [5.41, 5.74) is 1.45. The van der Waals surface area contributed by atoms with Gasteiger partial charge >= 0.3 is 0 Å². The number of hydrogen-bond donors (Lipinski definition) is 5. The Balaban J connectivity index is 1.28. The molecule has 0 spiro atoms. The van der Waals surface area contributed by atoms with Crippen molar-refractivity contribution in [2.75, 3.05) is 71.0 Å². The summed E-state index contributed by atoms with van der Waals surface area (Å²) in [4.78, 5) is 12.0. The average molecular weight is 598 g/mol. The summed E-state index contributed by atoms with van der Waals surface area (Å²) in [6.07, 6.45) is 0.865. The van der Waals surface area contributed by atoms with Gasteiger partial charge < -0.3 is 49.4 Å². The first-order chi connectivity index (χ1) is 18.9. The minimum Gasteiger partial charge on any atom is -0.394 e. The Morgan fingerprint density at radius 3 is 2.03 bits per heavy atom. The third kappa shape index (κ3) is 14.3. The number of ether oxygens (including phenoxy) is 5. The molecule has 39 heavy (non-hydrogen) atoms. The number of carbonyl (C=O) groups is 1. The molecule has 2 fully saturated rings. The Bertz CT molecular complexity index is 673. The lowest BCUT2D eigenvalue weighted by Gasteiger charge is -2.40. The number of nitrogens with one attached hydrogen (secondary N) is 1. The predicted octanol–water partition coefficient (Wildman–Crippen LogP) is 0.877. The van der Waals surface area contributed by atoms with E-state index in [1.54, 1.807) is 0 Å². The Hall–Kier alpha value is -0.450. The van der Waals surface area contributed by atoms with Gasteiger partial charge in [0.05, 0.1) is 59.5 Å². The fourth-order valence-corrected chi connectivity index (χ4v) is 5.98. The second kappa shape index (κ2) is 21.3. The summed E-state index contributed by atoms with van der Waals surface area (Å²) in [6, 6.07) is -1.20. The lowest BCUT2D eigenvalue weighted by atomic mass is 9.79. The predicted molar refractivity (Wildman–Crippen MR) is 150 cm³/mol. The highest BCUT2D eigenvalue weighted by atomic mass is 33.1. The highest BCUT2D eigenvalue weighted by Gasteiger charge is 2.44. The number of allylic oxidation sites excluding steroid dienone is 1. The van der Waals surface area contributed by atoms with Gasteiger partial charge in [-0.25, -0.2) is 0 Å². The van der Waals surface area contributed by atoms with E-state index in [1.807, 2.05) is 21.6 Å². The number of amides is 1. The largest absolute Gasteiger partial charge is 0.394 e. The van der Waals surface area contributed by atoms with Gasteiger partial charge in [0.2, 0.25) is 5.91 Å². The van der Waals surface area contributed by atoms with Crippen molar-refractivity contribution in [1.29, 1.82) is 0 Å². The number of aliphatic hydroxyl groups excluding tert-OH is 4. The van der Waals surface area contributed by atoms with Crippen LogP contribution < -0.4 is 5.32 Å². The molecule has 1 saturated heterocycles. The van der Waals surface area contributed by atoms with Crippen LogP contribution in [0.4, 0.5) is 0 Å². The van der Waals surface area contributed by atoms with Crippen LogP contribution >= 0.6 is 21.6 Å². The summed E-state index contributed by atoms with van der Waals surface area (Å²) >= 11 is 0. The van der Waals surface area contributed by atoms with Gasteiger partial charge in [-0.05, 0) is 31.6 Å². The van der Waals surface area contributed by atoms with Crippen molar-refractivity contribution in [2.45, 2.75) is 69.2 Å². The molecular weight excluding hydrogens is 550 g/mol. The van der Waals surface area contributed by atoms with Crippen LogP contribution in [-0.4, -0.2) is 128 Å². The first-order valence-corrected chi connectivity index (χ1v) is 16.3. The first kappa shape index (κ1) is 34.7. The van der Waals surface area contributed by atoms with Crippen LogP contribution in [0.3, 0.4) is 0 Å². The zero-order chi connectivity index (χ0) is 28.3. The highest BCUT2D eigenvalue weighted by Crippen LogP contribution is 2.34. The van der Waals surface area contributed by atoms with Crippen molar-refractivity contribution >= 4 is 27.5 Å². The lowest BCUT2D eigenvalue weighted by molar-refractivity contribution is -0.253. The standard InChI is InChI=1S/C26H47NO10S2/c1-19(20-5-2-6-20)4-3-16-38-39-17-15-36-14-13-35-12-11-34-10-9-33-8-7-22(29)27-23-25(31)24(30)21(18-28)37-26(23)32/h20-21,23-26,28,30-32H,1-18H2,(H,27,29). The minimum absolute atomic E-state index is 0.00764. The average Bonchev–Trinajstić information content (AvgIpc) is 2.89. The Labute approximate surface area is 239 Å². The number of aliphatic hydroxyl groups is 4. The van der Waals surface area contributed by atoms with Gasteiger partial charge in [0.25, 0.3) is 0 Å². The van der Waals surface area contributed by atoms with Gasteiger partial charge in [-0.3, -0.25) is 4.79 Å². The second-order valence-electron chi connectivity index (χ2n) is 9.56. The summed E-state index contributed by atoms with van der Waals surface area (Å²) in [6.45, 7) is 7.10. The van der Waals surface area contributed by atoms with E-state index < -0.39 is 43.2 Å². The van der Waals surface area contributed by atoms with E-state index in [0.717, 1.165) is 17.4 Å². The normalized spacial score (nSPS) is 25.4. The molecule has 2 aliphatic rings. The molecule has 5 N–H and O–H groups in total. The van der Waals surface area contributed by atoms with Gasteiger partial charge in [0, 0.05) is 17.9 Å². The van der Waals surface area contributed by atoms with Gasteiger partial charge in [-0.15, -0.1) is 0 Å². The number of carbonyl (C=O) groups excluding carboxylic acids is 1. The molecule has 1 saturated carbocycles. The van der Waals surface area contributed by atoms with Crippen molar-refractivity contribution < 1.29 is 48.9 Å². The molecule has 5 atom stereocenters. The number of rotatable bonds is 23. The van der Waals surface area contributed by atoms with E-state index >= 15 is 0 Å². The molecule has 228 valence electrons.